The smallest absolute Gasteiger partial charge is 0.372 e. The second kappa shape index (κ2) is 3.81. The van der Waals surface area contributed by atoms with Crippen molar-refractivity contribution in [3.8, 4) is 0 Å². The first-order chi connectivity index (χ1) is 6.06. The Morgan fingerprint density at radius 3 is 2.54 bits per heavy atom. The summed E-state index contributed by atoms with van der Waals surface area (Å²) in [4.78, 5) is 11.1. The van der Waals surface area contributed by atoms with Gasteiger partial charge in [0.05, 0.1) is 13.2 Å². The van der Waals surface area contributed by atoms with Crippen LogP contribution in [0.2, 0.25) is 0 Å². The second-order valence-electron chi connectivity index (χ2n) is 3.56. The van der Waals surface area contributed by atoms with Gasteiger partial charge in [-0.15, -0.1) is 0 Å². The lowest BCUT2D eigenvalue weighted by molar-refractivity contribution is -0.142. The van der Waals surface area contributed by atoms with Crippen molar-refractivity contribution in [2.45, 2.75) is 26.9 Å². The Hall–Kier alpha value is -0.990. The number of ether oxygens (including phenoxy) is 2. The van der Waals surface area contributed by atoms with E-state index in [1.165, 1.54) is 7.11 Å². The lowest BCUT2D eigenvalue weighted by atomic mass is 9.89. The van der Waals surface area contributed by atoms with E-state index in [9.17, 15) is 4.79 Å². The van der Waals surface area contributed by atoms with Crippen LogP contribution in [-0.2, 0) is 14.3 Å². The highest BCUT2D eigenvalue weighted by molar-refractivity contribution is 5.86. The van der Waals surface area contributed by atoms with Gasteiger partial charge in [0.1, 0.15) is 0 Å². The highest BCUT2D eigenvalue weighted by atomic mass is 16.6. The number of hydrogen-bond donors (Lipinski definition) is 0. The van der Waals surface area contributed by atoms with Crippen molar-refractivity contribution in [1.29, 1.82) is 0 Å². The number of allylic oxidation sites excluding steroid dienone is 1. The average Bonchev–Trinajstić information content (AvgIpc) is 2.12. The third-order valence-electron chi connectivity index (χ3n) is 2.68. The standard InChI is InChI=1S/C10H16O3/c1-6-5-9(10(11)12-4)13-8(3)7(6)2/h5-8H,1-4H3/t6-,7+,8-/m0/s1. The van der Waals surface area contributed by atoms with Crippen LogP contribution in [0, 0.1) is 11.8 Å². The summed E-state index contributed by atoms with van der Waals surface area (Å²) in [6.45, 7) is 6.16. The lowest BCUT2D eigenvalue weighted by Crippen LogP contribution is -2.30. The highest BCUT2D eigenvalue weighted by Crippen LogP contribution is 2.27. The zero-order valence-electron chi connectivity index (χ0n) is 8.53. The van der Waals surface area contributed by atoms with E-state index in [1.807, 2.05) is 13.0 Å². The average molecular weight is 184 g/mol. The van der Waals surface area contributed by atoms with E-state index in [1.54, 1.807) is 0 Å². The molecule has 0 aromatic rings. The van der Waals surface area contributed by atoms with Gasteiger partial charge in [0.25, 0.3) is 0 Å². The fourth-order valence-corrected chi connectivity index (χ4v) is 1.38. The molecule has 0 saturated heterocycles. The number of carbonyl (C=O) groups is 1. The van der Waals surface area contributed by atoms with Crippen molar-refractivity contribution in [3.05, 3.63) is 11.8 Å². The summed E-state index contributed by atoms with van der Waals surface area (Å²) in [6.07, 6.45) is 1.91. The molecule has 74 valence electrons. The van der Waals surface area contributed by atoms with E-state index in [2.05, 4.69) is 18.6 Å². The third-order valence-corrected chi connectivity index (χ3v) is 2.68. The molecule has 0 aromatic heterocycles. The molecule has 0 radical (unpaired) electrons. The number of hydrogen-bond acceptors (Lipinski definition) is 3. The Morgan fingerprint density at radius 1 is 1.46 bits per heavy atom. The minimum absolute atomic E-state index is 0.0779. The van der Waals surface area contributed by atoms with Crippen LogP contribution in [0.1, 0.15) is 20.8 Å². The monoisotopic (exact) mass is 184 g/mol. The summed E-state index contributed by atoms with van der Waals surface area (Å²) in [5.74, 6) is 0.762. The van der Waals surface area contributed by atoms with Gasteiger partial charge in [0, 0.05) is 0 Å². The van der Waals surface area contributed by atoms with E-state index in [0.717, 1.165) is 0 Å². The molecule has 0 fully saturated rings. The first-order valence-electron chi connectivity index (χ1n) is 4.53. The molecule has 13 heavy (non-hydrogen) atoms. The van der Waals surface area contributed by atoms with E-state index in [4.69, 9.17) is 4.74 Å². The number of rotatable bonds is 1. The molecule has 3 heteroatoms. The van der Waals surface area contributed by atoms with E-state index in [0.29, 0.717) is 17.6 Å². The fraction of sp³-hybridized carbons (Fsp3) is 0.700. The zero-order chi connectivity index (χ0) is 10.0. The van der Waals surface area contributed by atoms with E-state index in [-0.39, 0.29) is 12.1 Å². The number of esters is 1. The van der Waals surface area contributed by atoms with Crippen LogP contribution in [0.4, 0.5) is 0 Å². The molecule has 1 aliphatic heterocycles. The third kappa shape index (κ3) is 2.02. The summed E-state index contributed by atoms with van der Waals surface area (Å²) >= 11 is 0. The van der Waals surface area contributed by atoms with Crippen molar-refractivity contribution in [1.82, 2.24) is 0 Å². The van der Waals surface area contributed by atoms with Crippen LogP contribution >= 0.6 is 0 Å². The van der Waals surface area contributed by atoms with Gasteiger partial charge in [-0.05, 0) is 24.8 Å². The van der Waals surface area contributed by atoms with Crippen LogP contribution in [0.3, 0.4) is 0 Å². The molecular formula is C10H16O3. The molecule has 1 heterocycles. The van der Waals surface area contributed by atoms with Gasteiger partial charge in [-0.2, -0.15) is 0 Å². The Kier molecular flexibility index (Phi) is 2.96. The molecule has 0 aromatic carbocycles. The lowest BCUT2D eigenvalue weighted by Gasteiger charge is -2.30. The van der Waals surface area contributed by atoms with E-state index < -0.39 is 0 Å². The molecule has 0 spiro atoms. The molecule has 3 atom stereocenters. The first-order valence-corrected chi connectivity index (χ1v) is 4.53. The minimum atomic E-state index is -0.384. The second-order valence-corrected chi connectivity index (χ2v) is 3.56. The van der Waals surface area contributed by atoms with Gasteiger partial charge in [-0.1, -0.05) is 13.8 Å². The quantitative estimate of drug-likeness (QED) is 0.582. The molecule has 0 bridgehead atoms. The molecular weight excluding hydrogens is 168 g/mol. The van der Waals surface area contributed by atoms with Crippen LogP contribution in [0.25, 0.3) is 0 Å². The molecule has 3 nitrogen and oxygen atoms in total. The van der Waals surface area contributed by atoms with E-state index >= 15 is 0 Å². The minimum Gasteiger partial charge on any atom is -0.483 e. The number of methoxy groups -OCH3 is 1. The highest BCUT2D eigenvalue weighted by Gasteiger charge is 2.28. The summed E-state index contributed by atoms with van der Waals surface area (Å²) in [5.41, 5.74) is 0. The molecule has 1 rings (SSSR count). The van der Waals surface area contributed by atoms with Crippen LogP contribution in [0.5, 0.6) is 0 Å². The van der Waals surface area contributed by atoms with Gasteiger partial charge in [-0.25, -0.2) is 4.79 Å². The fourth-order valence-electron chi connectivity index (χ4n) is 1.38. The SMILES string of the molecule is COC(=O)C1=C[C@H](C)[C@@H](C)[C@H](C)O1. The largest absolute Gasteiger partial charge is 0.483 e. The molecule has 0 saturated carbocycles. The van der Waals surface area contributed by atoms with Crippen LogP contribution in [0.15, 0.2) is 11.8 Å². The molecule has 0 N–H and O–H groups in total. The summed E-state index contributed by atoms with van der Waals surface area (Å²) in [7, 11) is 1.36. The Labute approximate surface area is 78.7 Å². The topological polar surface area (TPSA) is 35.5 Å². The van der Waals surface area contributed by atoms with Gasteiger partial charge < -0.3 is 9.47 Å². The van der Waals surface area contributed by atoms with Crippen molar-refractivity contribution < 1.29 is 14.3 Å². The van der Waals surface area contributed by atoms with Gasteiger partial charge >= 0.3 is 5.97 Å². The van der Waals surface area contributed by atoms with Gasteiger partial charge in [-0.3, -0.25) is 0 Å². The molecule has 1 aliphatic rings. The summed E-state index contributed by atoms with van der Waals surface area (Å²) < 4.78 is 10.00. The Morgan fingerprint density at radius 2 is 2.08 bits per heavy atom. The zero-order valence-corrected chi connectivity index (χ0v) is 8.53. The van der Waals surface area contributed by atoms with Crippen LogP contribution < -0.4 is 0 Å². The maximum absolute atomic E-state index is 11.1. The van der Waals surface area contributed by atoms with Crippen molar-refractivity contribution in [3.63, 3.8) is 0 Å². The maximum atomic E-state index is 11.1. The Bertz CT molecular complexity index is 232. The Balaban J connectivity index is 2.78. The van der Waals surface area contributed by atoms with Gasteiger partial charge in [0.15, 0.2) is 0 Å². The predicted octanol–water partition coefficient (Wildman–Crippen LogP) is 1.73. The molecule has 0 amide bonds. The first kappa shape index (κ1) is 10.1. The van der Waals surface area contributed by atoms with Gasteiger partial charge in [0.2, 0.25) is 5.76 Å². The molecule has 0 unspecified atom stereocenters. The number of carbonyl (C=O) groups excluding carboxylic acids is 1. The maximum Gasteiger partial charge on any atom is 0.372 e. The molecule has 0 aliphatic carbocycles. The summed E-state index contributed by atoms with van der Waals surface area (Å²) in [5, 5.41) is 0. The normalized spacial score (nSPS) is 33.2. The van der Waals surface area contributed by atoms with Crippen molar-refractivity contribution in [2.75, 3.05) is 7.11 Å². The van der Waals surface area contributed by atoms with Crippen LogP contribution in [-0.4, -0.2) is 19.2 Å². The van der Waals surface area contributed by atoms with Crippen molar-refractivity contribution in [2.24, 2.45) is 11.8 Å². The summed E-state index contributed by atoms with van der Waals surface area (Å²) in [6, 6.07) is 0. The van der Waals surface area contributed by atoms with Crippen molar-refractivity contribution >= 4 is 5.97 Å². The predicted molar refractivity (Wildman–Crippen MR) is 49.0 cm³/mol.